The summed E-state index contributed by atoms with van der Waals surface area (Å²) in [6, 6.07) is 9.40. The first-order chi connectivity index (χ1) is 12.4. The van der Waals surface area contributed by atoms with Crippen molar-refractivity contribution < 1.29 is 21.4 Å². The molecule has 0 bridgehead atoms. The molecule has 0 aliphatic heterocycles. The lowest BCUT2D eigenvalue weighted by Gasteiger charge is -2.09. The van der Waals surface area contributed by atoms with Crippen LogP contribution in [0.4, 0.5) is 5.69 Å². The lowest BCUT2D eigenvalue weighted by molar-refractivity contribution is 0.411. The molecule has 0 aliphatic rings. The second kappa shape index (κ2) is 7.23. The zero-order valence-electron chi connectivity index (χ0n) is 13.2. The minimum Gasteiger partial charge on any atom is -0.364 e. The maximum atomic E-state index is 12.3. The first-order valence-electron chi connectivity index (χ1n) is 7.29. The van der Waals surface area contributed by atoms with E-state index in [1.165, 1.54) is 61.1 Å². The summed E-state index contributed by atoms with van der Waals surface area (Å²) in [6.45, 7) is -0.0392. The van der Waals surface area contributed by atoms with Crippen molar-refractivity contribution in [1.82, 2.24) is 14.9 Å². The Kier molecular flexibility index (Phi) is 5.02. The van der Waals surface area contributed by atoms with Crippen molar-refractivity contribution >= 4 is 25.7 Å². The van der Waals surface area contributed by atoms with Gasteiger partial charge < -0.3 is 4.52 Å². The molecule has 0 saturated heterocycles. The van der Waals surface area contributed by atoms with Gasteiger partial charge in [-0.25, -0.2) is 21.6 Å². The fourth-order valence-electron chi connectivity index (χ4n) is 2.01. The molecule has 2 aromatic heterocycles. The molecule has 0 saturated carbocycles. The number of anilines is 1. The second-order valence-corrected chi connectivity index (χ2v) is 8.58. The molecule has 2 N–H and O–H groups in total. The number of rotatable bonds is 7. The largest absolute Gasteiger partial charge is 0.364 e. The Balaban J connectivity index is 1.75. The van der Waals surface area contributed by atoms with E-state index in [9.17, 15) is 16.8 Å². The van der Waals surface area contributed by atoms with Gasteiger partial charge in [-0.05, 0) is 36.4 Å². The van der Waals surface area contributed by atoms with Crippen molar-refractivity contribution in [2.24, 2.45) is 0 Å². The highest BCUT2D eigenvalue weighted by Crippen LogP contribution is 2.18. The molecule has 136 valence electrons. The van der Waals surface area contributed by atoms with E-state index >= 15 is 0 Å². The van der Waals surface area contributed by atoms with E-state index < -0.39 is 20.0 Å². The van der Waals surface area contributed by atoms with Crippen LogP contribution >= 0.6 is 0 Å². The summed E-state index contributed by atoms with van der Waals surface area (Å²) >= 11 is 0. The number of hydrogen-bond acceptors (Lipinski definition) is 7. The molecule has 2 heterocycles. The molecule has 9 nitrogen and oxygen atoms in total. The van der Waals surface area contributed by atoms with E-state index in [-0.39, 0.29) is 16.3 Å². The van der Waals surface area contributed by atoms with Crippen LogP contribution in [-0.4, -0.2) is 27.0 Å². The van der Waals surface area contributed by atoms with E-state index in [4.69, 9.17) is 0 Å². The van der Waals surface area contributed by atoms with Gasteiger partial charge in [0.25, 0.3) is 10.0 Å². The Morgan fingerprint density at radius 2 is 1.46 bits per heavy atom. The van der Waals surface area contributed by atoms with Gasteiger partial charge in [-0.1, -0.05) is 5.16 Å². The topological polar surface area (TPSA) is 131 Å². The molecule has 0 spiro atoms. The molecule has 0 aliphatic carbocycles. The van der Waals surface area contributed by atoms with Crippen LogP contribution in [0.2, 0.25) is 0 Å². The lowest BCUT2D eigenvalue weighted by atomic mass is 10.4. The summed E-state index contributed by atoms with van der Waals surface area (Å²) in [7, 11) is -7.65. The first kappa shape index (κ1) is 18.0. The SMILES string of the molecule is O=S(=O)(NCc1ccon1)c1ccc(S(=O)(=O)Nc2ccncc2)cc1. The summed E-state index contributed by atoms with van der Waals surface area (Å²) in [5, 5.41) is 3.61. The van der Waals surface area contributed by atoms with Crippen LogP contribution in [0.3, 0.4) is 0 Å². The van der Waals surface area contributed by atoms with Gasteiger partial charge in [-0.2, -0.15) is 0 Å². The standard InChI is InChI=1S/C15H14N4O5S2/c20-25(21,17-11-13-7-10-24-18-13)14-1-3-15(4-2-14)26(22,23)19-12-5-8-16-9-6-12/h1-10,17H,11H2,(H,16,19). The molecule has 0 unspecified atom stereocenters. The van der Waals surface area contributed by atoms with Crippen molar-refractivity contribution in [3.63, 3.8) is 0 Å². The van der Waals surface area contributed by atoms with Crippen molar-refractivity contribution in [3.8, 4) is 0 Å². The van der Waals surface area contributed by atoms with Gasteiger partial charge in [-0.15, -0.1) is 0 Å². The normalized spacial score (nSPS) is 12.0. The Morgan fingerprint density at radius 1 is 0.846 bits per heavy atom. The predicted molar refractivity (Wildman–Crippen MR) is 92.0 cm³/mol. The highest BCUT2D eigenvalue weighted by molar-refractivity contribution is 7.92. The van der Waals surface area contributed by atoms with Crippen LogP contribution in [0.15, 0.2) is 75.4 Å². The number of nitrogens with one attached hydrogen (secondary N) is 2. The highest BCUT2D eigenvalue weighted by Gasteiger charge is 2.18. The molecule has 26 heavy (non-hydrogen) atoms. The van der Waals surface area contributed by atoms with Gasteiger partial charge in [0, 0.05) is 18.5 Å². The molecule has 3 rings (SSSR count). The third kappa shape index (κ3) is 4.25. The van der Waals surface area contributed by atoms with Crippen LogP contribution in [-0.2, 0) is 26.6 Å². The van der Waals surface area contributed by atoms with E-state index in [1.807, 2.05) is 0 Å². The van der Waals surface area contributed by atoms with Gasteiger partial charge in [-0.3, -0.25) is 9.71 Å². The van der Waals surface area contributed by atoms with Gasteiger partial charge in [0.15, 0.2) is 0 Å². The molecule has 1 aromatic carbocycles. The van der Waals surface area contributed by atoms with E-state index in [1.54, 1.807) is 0 Å². The van der Waals surface area contributed by atoms with Gasteiger partial charge in [0.1, 0.15) is 6.26 Å². The maximum absolute atomic E-state index is 12.3. The van der Waals surface area contributed by atoms with Crippen molar-refractivity contribution in [2.75, 3.05) is 4.72 Å². The summed E-state index contributed by atoms with van der Waals surface area (Å²) in [5.74, 6) is 0. The number of sulfonamides is 2. The van der Waals surface area contributed by atoms with Gasteiger partial charge in [0.05, 0.1) is 27.7 Å². The molecular weight excluding hydrogens is 380 g/mol. The molecule has 11 heteroatoms. The quantitative estimate of drug-likeness (QED) is 0.618. The van der Waals surface area contributed by atoms with Gasteiger partial charge in [0.2, 0.25) is 10.0 Å². The number of hydrogen-bond donors (Lipinski definition) is 2. The number of pyridine rings is 1. The zero-order valence-corrected chi connectivity index (χ0v) is 14.9. The Hall–Kier alpha value is -2.76. The average Bonchev–Trinajstić information content (AvgIpc) is 3.14. The highest BCUT2D eigenvalue weighted by atomic mass is 32.2. The molecule has 3 aromatic rings. The lowest BCUT2D eigenvalue weighted by Crippen LogP contribution is -2.23. The summed E-state index contributed by atoms with van der Waals surface area (Å²) in [6.07, 6.45) is 4.24. The number of benzene rings is 1. The number of aromatic nitrogens is 2. The van der Waals surface area contributed by atoms with Crippen LogP contribution in [0.25, 0.3) is 0 Å². The monoisotopic (exact) mass is 394 g/mol. The minimum atomic E-state index is -3.84. The molecule has 0 amide bonds. The smallest absolute Gasteiger partial charge is 0.261 e. The first-order valence-corrected chi connectivity index (χ1v) is 10.3. The third-order valence-corrected chi connectivity index (χ3v) is 6.13. The van der Waals surface area contributed by atoms with Gasteiger partial charge >= 0.3 is 0 Å². The van der Waals surface area contributed by atoms with Crippen molar-refractivity contribution in [3.05, 3.63) is 66.8 Å². The zero-order chi connectivity index (χ0) is 18.6. The Morgan fingerprint density at radius 3 is 2.04 bits per heavy atom. The Labute approximate surface area is 150 Å². The van der Waals surface area contributed by atoms with E-state index in [0.717, 1.165) is 0 Å². The summed E-state index contributed by atoms with van der Waals surface area (Å²) in [5.41, 5.74) is 0.778. The van der Waals surface area contributed by atoms with Crippen LogP contribution < -0.4 is 9.44 Å². The van der Waals surface area contributed by atoms with E-state index in [2.05, 4.69) is 24.1 Å². The molecular formula is C15H14N4O5S2. The fraction of sp³-hybridized carbons (Fsp3) is 0.0667. The maximum Gasteiger partial charge on any atom is 0.261 e. The van der Waals surface area contributed by atoms with E-state index in [0.29, 0.717) is 11.4 Å². The Bertz CT molecular complexity index is 1060. The number of nitrogens with zero attached hydrogens (tertiary/aromatic N) is 2. The van der Waals surface area contributed by atoms with Crippen LogP contribution in [0.5, 0.6) is 0 Å². The minimum absolute atomic E-state index is 0.0392. The summed E-state index contributed by atoms with van der Waals surface area (Å²) in [4.78, 5) is 3.67. The average molecular weight is 394 g/mol. The molecule has 0 radical (unpaired) electrons. The third-order valence-electron chi connectivity index (χ3n) is 3.31. The second-order valence-electron chi connectivity index (χ2n) is 5.13. The van der Waals surface area contributed by atoms with Crippen molar-refractivity contribution in [1.29, 1.82) is 0 Å². The predicted octanol–water partition coefficient (Wildman–Crippen LogP) is 1.35. The van der Waals surface area contributed by atoms with Crippen LogP contribution in [0.1, 0.15) is 5.69 Å². The fourth-order valence-corrected chi connectivity index (χ4v) is 4.07. The molecule has 0 fully saturated rings. The molecule has 0 atom stereocenters. The summed E-state index contributed by atoms with van der Waals surface area (Å²) < 4.78 is 58.5. The van der Waals surface area contributed by atoms with Crippen LogP contribution in [0, 0.1) is 0 Å². The van der Waals surface area contributed by atoms with Crippen molar-refractivity contribution in [2.45, 2.75) is 16.3 Å².